The van der Waals surface area contributed by atoms with E-state index in [9.17, 15) is 9.59 Å². The summed E-state index contributed by atoms with van der Waals surface area (Å²) in [6.45, 7) is 1.53. The van der Waals surface area contributed by atoms with Gasteiger partial charge in [0.25, 0.3) is 5.91 Å². The number of hydrogen-bond acceptors (Lipinski definition) is 5. The van der Waals surface area contributed by atoms with Gasteiger partial charge in [0.2, 0.25) is 0 Å². The van der Waals surface area contributed by atoms with Crippen LogP contribution in [0.1, 0.15) is 5.56 Å². The highest BCUT2D eigenvalue weighted by Crippen LogP contribution is 2.21. The number of aryl methyl sites for hydroxylation is 1. The largest absolute Gasteiger partial charge is 0.497 e. The summed E-state index contributed by atoms with van der Waals surface area (Å²) in [4.78, 5) is 24.4. The van der Waals surface area contributed by atoms with E-state index < -0.39 is 11.9 Å². The van der Waals surface area contributed by atoms with Crippen LogP contribution in [0.4, 0.5) is 5.69 Å². The second-order valence-electron chi connectivity index (χ2n) is 5.14. The quantitative estimate of drug-likeness (QED) is 0.583. The van der Waals surface area contributed by atoms with Crippen molar-refractivity contribution in [1.29, 1.82) is 0 Å². The van der Waals surface area contributed by atoms with Crippen molar-refractivity contribution >= 4 is 40.9 Å². The van der Waals surface area contributed by atoms with Gasteiger partial charge in [-0.1, -0.05) is 17.7 Å². The predicted octanol–water partition coefficient (Wildman–Crippen LogP) is 3.93. The van der Waals surface area contributed by atoms with Crippen molar-refractivity contribution in [3.8, 4) is 5.75 Å². The number of ether oxygens (including phenoxy) is 2. The van der Waals surface area contributed by atoms with E-state index in [-0.39, 0.29) is 12.4 Å². The maximum absolute atomic E-state index is 11.8. The Balaban J connectivity index is 1.73. The van der Waals surface area contributed by atoms with Crippen molar-refractivity contribution in [2.75, 3.05) is 24.8 Å². The lowest BCUT2D eigenvalue weighted by Gasteiger charge is -2.08. The Labute approximate surface area is 155 Å². The number of rotatable bonds is 7. The molecule has 0 aromatic heterocycles. The van der Waals surface area contributed by atoms with Crippen molar-refractivity contribution in [1.82, 2.24) is 0 Å². The highest BCUT2D eigenvalue weighted by molar-refractivity contribution is 8.00. The molecule has 0 atom stereocenters. The van der Waals surface area contributed by atoms with Crippen LogP contribution < -0.4 is 10.1 Å². The van der Waals surface area contributed by atoms with Crippen molar-refractivity contribution < 1.29 is 19.1 Å². The van der Waals surface area contributed by atoms with Gasteiger partial charge in [0.1, 0.15) is 5.75 Å². The van der Waals surface area contributed by atoms with Crippen molar-refractivity contribution in [2.24, 2.45) is 0 Å². The molecule has 1 amide bonds. The molecule has 0 aliphatic rings. The Hall–Kier alpha value is -2.18. The molecule has 0 fully saturated rings. The Morgan fingerprint density at radius 3 is 2.52 bits per heavy atom. The third-order valence-corrected chi connectivity index (χ3v) is 4.63. The molecule has 5 nitrogen and oxygen atoms in total. The average molecular weight is 380 g/mol. The highest BCUT2D eigenvalue weighted by atomic mass is 35.5. The van der Waals surface area contributed by atoms with E-state index in [4.69, 9.17) is 21.1 Å². The molecule has 0 aliphatic carbocycles. The van der Waals surface area contributed by atoms with Gasteiger partial charge in [-0.2, -0.15) is 0 Å². The van der Waals surface area contributed by atoms with E-state index in [1.54, 1.807) is 25.3 Å². The number of esters is 1. The van der Waals surface area contributed by atoms with Gasteiger partial charge >= 0.3 is 5.97 Å². The lowest BCUT2D eigenvalue weighted by Crippen LogP contribution is -2.21. The number of halogens is 1. The molecule has 2 aromatic carbocycles. The van der Waals surface area contributed by atoms with E-state index in [0.29, 0.717) is 10.7 Å². The summed E-state index contributed by atoms with van der Waals surface area (Å²) in [5.74, 6) is -0.00360. The molecule has 0 saturated carbocycles. The molecule has 1 N–H and O–H groups in total. The number of methoxy groups -OCH3 is 1. The Bertz CT molecular complexity index is 749. The van der Waals surface area contributed by atoms with Crippen LogP contribution in [-0.4, -0.2) is 31.3 Å². The van der Waals surface area contributed by atoms with Crippen LogP contribution in [0.15, 0.2) is 47.4 Å². The molecule has 0 spiro atoms. The van der Waals surface area contributed by atoms with Crippen molar-refractivity contribution in [3.63, 3.8) is 0 Å². The summed E-state index contributed by atoms with van der Waals surface area (Å²) in [6.07, 6.45) is 0. The van der Waals surface area contributed by atoms with E-state index in [1.165, 1.54) is 11.8 Å². The molecule has 0 saturated heterocycles. The molecular weight excluding hydrogens is 362 g/mol. The van der Waals surface area contributed by atoms with Gasteiger partial charge in [-0.15, -0.1) is 11.8 Å². The second kappa shape index (κ2) is 9.34. The first-order chi connectivity index (χ1) is 12.0. The molecule has 2 rings (SSSR count). The number of nitrogens with one attached hydrogen (secondary N) is 1. The van der Waals surface area contributed by atoms with Gasteiger partial charge in [-0.3, -0.25) is 9.59 Å². The van der Waals surface area contributed by atoms with Crippen LogP contribution in [0.2, 0.25) is 5.02 Å². The maximum atomic E-state index is 11.8. The highest BCUT2D eigenvalue weighted by Gasteiger charge is 2.09. The minimum absolute atomic E-state index is 0.121. The summed E-state index contributed by atoms with van der Waals surface area (Å²) in [5, 5.41) is 3.19. The lowest BCUT2D eigenvalue weighted by molar-refractivity contribution is -0.144. The van der Waals surface area contributed by atoms with E-state index in [0.717, 1.165) is 16.2 Å². The first-order valence-corrected chi connectivity index (χ1v) is 8.83. The van der Waals surface area contributed by atoms with Gasteiger partial charge in [-0.05, 0) is 48.9 Å². The van der Waals surface area contributed by atoms with Gasteiger partial charge in [-0.25, -0.2) is 0 Å². The van der Waals surface area contributed by atoms with Crippen LogP contribution in [-0.2, 0) is 14.3 Å². The summed E-state index contributed by atoms with van der Waals surface area (Å²) in [6, 6.07) is 12.5. The van der Waals surface area contributed by atoms with Crippen LogP contribution in [0.5, 0.6) is 5.75 Å². The normalized spacial score (nSPS) is 10.2. The Kier molecular flexibility index (Phi) is 7.16. The van der Waals surface area contributed by atoms with Crippen LogP contribution in [0, 0.1) is 6.92 Å². The van der Waals surface area contributed by atoms with Crippen LogP contribution >= 0.6 is 23.4 Å². The molecule has 0 unspecified atom stereocenters. The third-order valence-electron chi connectivity index (χ3n) is 3.24. The zero-order valence-corrected chi connectivity index (χ0v) is 15.4. The molecule has 0 aliphatic heterocycles. The molecular formula is C18H18ClNO4S. The minimum atomic E-state index is -0.460. The van der Waals surface area contributed by atoms with Crippen molar-refractivity contribution in [3.05, 3.63) is 53.1 Å². The Morgan fingerprint density at radius 2 is 1.88 bits per heavy atom. The number of carbonyl (C=O) groups excluding carboxylic acids is 2. The smallest absolute Gasteiger partial charge is 0.316 e. The van der Waals surface area contributed by atoms with Gasteiger partial charge in [0, 0.05) is 15.6 Å². The number of benzene rings is 2. The number of carbonyl (C=O) groups is 2. The molecule has 0 heterocycles. The maximum Gasteiger partial charge on any atom is 0.316 e. The second-order valence-corrected chi connectivity index (χ2v) is 6.59. The van der Waals surface area contributed by atoms with E-state index in [1.807, 2.05) is 31.2 Å². The first-order valence-electron chi connectivity index (χ1n) is 7.46. The minimum Gasteiger partial charge on any atom is -0.497 e. The Morgan fingerprint density at radius 1 is 1.16 bits per heavy atom. The summed E-state index contributed by atoms with van der Waals surface area (Å²) in [5.41, 5.74) is 1.48. The van der Waals surface area contributed by atoms with Crippen LogP contribution in [0.3, 0.4) is 0 Å². The molecule has 132 valence electrons. The third kappa shape index (κ3) is 6.32. The number of thioether (sulfide) groups is 1. The SMILES string of the molecule is COc1ccc(SCC(=O)OCC(=O)Nc2ccc(C)c(Cl)c2)cc1. The number of anilines is 1. The van der Waals surface area contributed by atoms with E-state index >= 15 is 0 Å². The number of hydrogen-bond donors (Lipinski definition) is 1. The molecule has 0 radical (unpaired) electrons. The van der Waals surface area contributed by atoms with Gasteiger partial charge < -0.3 is 14.8 Å². The summed E-state index contributed by atoms with van der Waals surface area (Å²) < 4.78 is 10.0. The summed E-state index contributed by atoms with van der Waals surface area (Å²) in [7, 11) is 1.59. The standard InChI is InChI=1S/C18H18ClNO4S/c1-12-3-4-13(9-16(12)19)20-17(21)10-24-18(22)11-25-15-7-5-14(23-2)6-8-15/h3-9H,10-11H2,1-2H3,(H,20,21). The molecule has 0 bridgehead atoms. The topological polar surface area (TPSA) is 64.6 Å². The zero-order chi connectivity index (χ0) is 18.2. The van der Waals surface area contributed by atoms with Crippen molar-refractivity contribution in [2.45, 2.75) is 11.8 Å². The van der Waals surface area contributed by atoms with Gasteiger partial charge in [0.15, 0.2) is 6.61 Å². The van der Waals surface area contributed by atoms with Gasteiger partial charge in [0.05, 0.1) is 12.9 Å². The molecule has 2 aromatic rings. The predicted molar refractivity (Wildman–Crippen MR) is 99.5 cm³/mol. The fourth-order valence-corrected chi connectivity index (χ4v) is 2.75. The monoisotopic (exact) mass is 379 g/mol. The summed E-state index contributed by atoms with van der Waals surface area (Å²) >= 11 is 7.32. The fourth-order valence-electron chi connectivity index (χ4n) is 1.87. The number of amides is 1. The van der Waals surface area contributed by atoms with E-state index in [2.05, 4.69) is 5.32 Å². The van der Waals surface area contributed by atoms with Crippen LogP contribution in [0.25, 0.3) is 0 Å². The fraction of sp³-hybridized carbons (Fsp3) is 0.222. The first kappa shape index (κ1) is 19.1. The molecule has 7 heteroatoms. The molecule has 25 heavy (non-hydrogen) atoms. The lowest BCUT2D eigenvalue weighted by atomic mass is 10.2. The average Bonchev–Trinajstić information content (AvgIpc) is 2.61. The zero-order valence-electron chi connectivity index (χ0n) is 13.9.